The molecule has 0 spiro atoms. The average Bonchev–Trinajstić information content (AvgIpc) is 3.16. The van der Waals surface area contributed by atoms with Gasteiger partial charge < -0.3 is 5.32 Å². The van der Waals surface area contributed by atoms with E-state index in [0.29, 0.717) is 6.42 Å². The lowest BCUT2D eigenvalue weighted by Gasteiger charge is -2.13. The molecule has 2 aromatic carbocycles. The third-order valence-corrected chi connectivity index (χ3v) is 5.78. The number of hydrogen-bond donors (Lipinski definition) is 3. The largest absolute Gasteiger partial charge is 0.376 e. The number of fused-ring (bicyclic) bond motifs is 3. The van der Waals surface area contributed by atoms with Crippen LogP contribution in [0, 0.1) is 27.7 Å². The van der Waals surface area contributed by atoms with Crippen LogP contribution in [-0.2, 0) is 16.0 Å². The second-order valence-corrected chi connectivity index (χ2v) is 8.28. The first kappa shape index (κ1) is 22.3. The lowest BCUT2D eigenvalue weighted by atomic mass is 10.1. The molecule has 3 N–H and O–H groups in total. The van der Waals surface area contributed by atoms with Gasteiger partial charge in [0.2, 0.25) is 5.91 Å². The summed E-state index contributed by atoms with van der Waals surface area (Å²) in [6.07, 6.45) is 0.722. The number of hydrogen-bond acceptors (Lipinski definition) is 5. The number of rotatable bonds is 6. The van der Waals surface area contributed by atoms with Crippen molar-refractivity contribution in [1.82, 2.24) is 25.4 Å². The first-order valence-corrected chi connectivity index (χ1v) is 11.0. The summed E-state index contributed by atoms with van der Waals surface area (Å²) in [5.74, 6) is -0.582. The molecular formula is C25H28N6O2. The maximum Gasteiger partial charge on any atom is 0.257 e. The fourth-order valence-electron chi connectivity index (χ4n) is 4.01. The first-order valence-electron chi connectivity index (χ1n) is 11.0. The maximum absolute atomic E-state index is 12.3. The maximum atomic E-state index is 12.3. The van der Waals surface area contributed by atoms with Crippen molar-refractivity contribution in [2.45, 2.75) is 40.5 Å². The Morgan fingerprint density at radius 1 is 0.970 bits per heavy atom. The highest BCUT2D eigenvalue weighted by Crippen LogP contribution is 2.23. The average molecular weight is 445 g/mol. The van der Waals surface area contributed by atoms with Crippen LogP contribution in [0.3, 0.4) is 0 Å². The van der Waals surface area contributed by atoms with E-state index in [9.17, 15) is 9.59 Å². The summed E-state index contributed by atoms with van der Waals surface area (Å²) in [7, 11) is 0. The Bertz CT molecular complexity index is 1360. The molecule has 0 fully saturated rings. The lowest BCUT2D eigenvalue weighted by Crippen LogP contribution is -2.44. The molecule has 0 aliphatic carbocycles. The molecule has 2 heterocycles. The molecule has 0 aliphatic heterocycles. The van der Waals surface area contributed by atoms with Gasteiger partial charge in [-0.3, -0.25) is 20.4 Å². The molecule has 170 valence electrons. The number of anilines is 1. The van der Waals surface area contributed by atoms with Crippen molar-refractivity contribution in [3.05, 3.63) is 70.5 Å². The molecule has 8 nitrogen and oxygen atoms in total. The summed E-state index contributed by atoms with van der Waals surface area (Å²) in [6.45, 7) is 8.00. The number of hydrazine groups is 1. The molecule has 0 atom stereocenters. The van der Waals surface area contributed by atoms with Crippen LogP contribution < -0.4 is 16.2 Å². The van der Waals surface area contributed by atoms with Crippen molar-refractivity contribution < 1.29 is 9.59 Å². The quantitative estimate of drug-likeness (QED) is 0.396. The van der Waals surface area contributed by atoms with Gasteiger partial charge in [-0.15, -0.1) is 0 Å². The van der Waals surface area contributed by atoms with Crippen LogP contribution in [0.2, 0.25) is 0 Å². The Hall–Kier alpha value is -3.94. The predicted molar refractivity (Wildman–Crippen MR) is 129 cm³/mol. The van der Waals surface area contributed by atoms with Crippen LogP contribution in [0.5, 0.6) is 0 Å². The smallest absolute Gasteiger partial charge is 0.257 e. The van der Waals surface area contributed by atoms with Crippen LogP contribution in [0.15, 0.2) is 42.5 Å². The van der Waals surface area contributed by atoms with Gasteiger partial charge >= 0.3 is 0 Å². The van der Waals surface area contributed by atoms with Crippen molar-refractivity contribution in [2.24, 2.45) is 0 Å². The fourth-order valence-corrected chi connectivity index (χ4v) is 4.01. The third kappa shape index (κ3) is 4.79. The molecule has 8 heteroatoms. The number of nitrogens with one attached hydrogen (secondary N) is 3. The summed E-state index contributed by atoms with van der Waals surface area (Å²) in [5.41, 5.74) is 12.6. The van der Waals surface area contributed by atoms with Gasteiger partial charge in [0.15, 0.2) is 5.65 Å². The van der Waals surface area contributed by atoms with Crippen LogP contribution >= 0.6 is 0 Å². The van der Waals surface area contributed by atoms with Gasteiger partial charge in [0.1, 0.15) is 0 Å². The van der Waals surface area contributed by atoms with Gasteiger partial charge in [-0.05, 0) is 63.4 Å². The van der Waals surface area contributed by atoms with Crippen molar-refractivity contribution in [1.29, 1.82) is 0 Å². The predicted octanol–water partition coefficient (Wildman–Crippen LogP) is 3.31. The van der Waals surface area contributed by atoms with Gasteiger partial charge in [-0.1, -0.05) is 29.8 Å². The van der Waals surface area contributed by atoms with E-state index in [2.05, 4.69) is 21.3 Å². The molecule has 33 heavy (non-hydrogen) atoms. The zero-order chi connectivity index (χ0) is 23.5. The summed E-state index contributed by atoms with van der Waals surface area (Å²) in [5, 5.41) is 8.74. The van der Waals surface area contributed by atoms with Gasteiger partial charge in [0, 0.05) is 28.9 Å². The van der Waals surface area contributed by atoms with Gasteiger partial charge in [0.05, 0.1) is 12.1 Å². The molecule has 0 saturated carbocycles. The molecule has 0 radical (unpaired) electrons. The van der Waals surface area contributed by atoms with E-state index in [4.69, 9.17) is 4.98 Å². The van der Waals surface area contributed by atoms with Crippen molar-refractivity contribution in [3.63, 3.8) is 0 Å². The molecule has 2 aromatic heterocycles. The summed E-state index contributed by atoms with van der Waals surface area (Å²) in [4.78, 5) is 29.2. The summed E-state index contributed by atoms with van der Waals surface area (Å²) >= 11 is 0. The van der Waals surface area contributed by atoms with E-state index in [-0.39, 0.29) is 24.8 Å². The molecule has 0 bridgehead atoms. The Morgan fingerprint density at radius 3 is 2.52 bits per heavy atom. The number of aryl methyl sites for hydroxylation is 4. The van der Waals surface area contributed by atoms with E-state index >= 15 is 0 Å². The van der Waals surface area contributed by atoms with Crippen LogP contribution in [-0.4, -0.2) is 33.0 Å². The van der Waals surface area contributed by atoms with Crippen molar-refractivity contribution in [3.8, 4) is 0 Å². The van der Waals surface area contributed by atoms with Crippen LogP contribution in [0.4, 0.5) is 5.69 Å². The highest BCUT2D eigenvalue weighted by atomic mass is 16.2. The third-order valence-electron chi connectivity index (χ3n) is 5.78. The molecule has 0 saturated heterocycles. The number of nitrogens with zero attached hydrogens (tertiary/aromatic N) is 3. The molecule has 2 amide bonds. The number of carbonyl (C=O) groups is 2. The van der Waals surface area contributed by atoms with E-state index in [1.165, 1.54) is 0 Å². The minimum absolute atomic E-state index is 0.0653. The number of aromatic nitrogens is 3. The summed E-state index contributed by atoms with van der Waals surface area (Å²) < 4.78 is 1.84. The van der Waals surface area contributed by atoms with E-state index in [0.717, 1.165) is 50.3 Å². The standard InChI is InChI=1S/C25H28N6O2/c1-15-9-11-21(16(2)13-15)26-14-24(33)29-28-23(32)12-10-19-17(3)27-25-20-7-5-6-8-22(20)30-31(25)18(19)4/h5-9,11,13,26H,10,12,14H2,1-4H3,(H,28,32)(H,29,33). The zero-order valence-electron chi connectivity index (χ0n) is 19.3. The second-order valence-electron chi connectivity index (χ2n) is 8.28. The minimum Gasteiger partial charge on any atom is -0.376 e. The van der Waals surface area contributed by atoms with Crippen molar-refractivity contribution in [2.75, 3.05) is 11.9 Å². The van der Waals surface area contributed by atoms with E-state index < -0.39 is 0 Å². The summed E-state index contributed by atoms with van der Waals surface area (Å²) in [6, 6.07) is 13.9. The normalized spacial score (nSPS) is 11.0. The SMILES string of the molecule is Cc1ccc(NCC(=O)NNC(=O)CCc2c(C)nc3c4ccccc4nn3c2C)c(C)c1. The second kappa shape index (κ2) is 9.28. The first-order chi connectivity index (χ1) is 15.8. The number of benzene rings is 2. The van der Waals surface area contributed by atoms with Crippen molar-refractivity contribution >= 4 is 34.1 Å². The topological polar surface area (TPSA) is 100 Å². The Morgan fingerprint density at radius 2 is 1.73 bits per heavy atom. The van der Waals surface area contributed by atoms with Gasteiger partial charge in [0.25, 0.3) is 5.91 Å². The van der Waals surface area contributed by atoms with Gasteiger partial charge in [-0.25, -0.2) is 9.50 Å². The fraction of sp³-hybridized carbons (Fsp3) is 0.280. The molecule has 0 aliphatic rings. The molecular weight excluding hydrogens is 416 g/mol. The Balaban J connectivity index is 1.33. The molecule has 4 rings (SSSR count). The Labute approximate surface area is 192 Å². The number of amides is 2. The van der Waals surface area contributed by atoms with Crippen LogP contribution in [0.25, 0.3) is 16.6 Å². The number of carbonyl (C=O) groups excluding carboxylic acids is 2. The zero-order valence-corrected chi connectivity index (χ0v) is 19.3. The minimum atomic E-state index is -0.318. The van der Waals surface area contributed by atoms with E-state index in [1.807, 2.05) is 74.7 Å². The highest BCUT2D eigenvalue weighted by molar-refractivity contribution is 5.92. The monoisotopic (exact) mass is 444 g/mol. The molecule has 0 unspecified atom stereocenters. The van der Waals surface area contributed by atoms with Crippen LogP contribution in [0.1, 0.15) is 34.5 Å². The Kier molecular flexibility index (Phi) is 6.26. The van der Waals surface area contributed by atoms with E-state index in [1.54, 1.807) is 0 Å². The van der Waals surface area contributed by atoms with Gasteiger partial charge in [-0.2, -0.15) is 5.10 Å². The highest BCUT2D eigenvalue weighted by Gasteiger charge is 2.15. The lowest BCUT2D eigenvalue weighted by molar-refractivity contribution is -0.128. The molecule has 4 aromatic rings.